The van der Waals surface area contributed by atoms with Gasteiger partial charge in [-0.2, -0.15) is 0 Å². The molecule has 0 fully saturated rings. The van der Waals surface area contributed by atoms with Crippen molar-refractivity contribution in [2.45, 2.75) is 6.42 Å². The fraction of sp³-hybridized carbons (Fsp3) is 0.238. The molecule has 2 aromatic carbocycles. The topological polar surface area (TPSA) is 78.4 Å². The van der Waals surface area contributed by atoms with Crippen LogP contribution in [0.4, 0.5) is 0 Å². The molecule has 1 aliphatic rings. The molecular weight excluding hydrogens is 360 g/mol. The Labute approximate surface area is 163 Å². The Morgan fingerprint density at radius 2 is 1.57 bits per heavy atom. The van der Waals surface area contributed by atoms with Gasteiger partial charge in [-0.3, -0.25) is 4.79 Å². The average molecular weight is 382 g/mol. The summed E-state index contributed by atoms with van der Waals surface area (Å²) >= 11 is 0. The molecule has 28 heavy (non-hydrogen) atoms. The third kappa shape index (κ3) is 4.25. The SMILES string of the molecule is COc1cc(/C=C2/N=C(Cc3ccc(OC)c(OC)c3)NC2=O)cc(OC)c1. The van der Waals surface area contributed by atoms with Crippen LogP contribution in [-0.4, -0.2) is 40.2 Å². The molecule has 7 nitrogen and oxygen atoms in total. The van der Waals surface area contributed by atoms with Gasteiger partial charge in [0.1, 0.15) is 23.0 Å². The minimum absolute atomic E-state index is 0.253. The van der Waals surface area contributed by atoms with Crippen LogP contribution in [0.15, 0.2) is 47.1 Å². The molecule has 0 unspecified atom stereocenters. The smallest absolute Gasteiger partial charge is 0.275 e. The lowest BCUT2D eigenvalue weighted by molar-refractivity contribution is -0.115. The van der Waals surface area contributed by atoms with Crippen molar-refractivity contribution in [3.63, 3.8) is 0 Å². The molecule has 2 aromatic rings. The van der Waals surface area contributed by atoms with Crippen molar-refractivity contribution in [1.82, 2.24) is 5.32 Å². The van der Waals surface area contributed by atoms with Gasteiger partial charge < -0.3 is 24.3 Å². The first-order valence-electron chi connectivity index (χ1n) is 8.61. The first kappa shape index (κ1) is 19.3. The van der Waals surface area contributed by atoms with Crippen molar-refractivity contribution in [3.8, 4) is 23.0 Å². The highest BCUT2D eigenvalue weighted by atomic mass is 16.5. The Bertz CT molecular complexity index is 928. The van der Waals surface area contributed by atoms with Crippen LogP contribution in [0.1, 0.15) is 11.1 Å². The third-order valence-corrected chi connectivity index (χ3v) is 4.24. The predicted molar refractivity (Wildman–Crippen MR) is 106 cm³/mol. The summed E-state index contributed by atoms with van der Waals surface area (Å²) in [4.78, 5) is 16.7. The number of amides is 1. The summed E-state index contributed by atoms with van der Waals surface area (Å²) in [7, 11) is 6.32. The number of amidine groups is 1. The van der Waals surface area contributed by atoms with E-state index in [1.54, 1.807) is 40.6 Å². The molecule has 1 amide bonds. The van der Waals surface area contributed by atoms with E-state index in [-0.39, 0.29) is 5.91 Å². The molecule has 1 aliphatic heterocycles. The molecule has 0 atom stereocenters. The van der Waals surface area contributed by atoms with Gasteiger partial charge in [-0.05, 0) is 41.5 Å². The van der Waals surface area contributed by atoms with E-state index in [0.717, 1.165) is 11.1 Å². The monoisotopic (exact) mass is 382 g/mol. The lowest BCUT2D eigenvalue weighted by atomic mass is 10.1. The van der Waals surface area contributed by atoms with Crippen LogP contribution in [0.25, 0.3) is 6.08 Å². The van der Waals surface area contributed by atoms with E-state index in [4.69, 9.17) is 18.9 Å². The van der Waals surface area contributed by atoms with Crippen LogP contribution in [0.3, 0.4) is 0 Å². The third-order valence-electron chi connectivity index (χ3n) is 4.24. The molecule has 3 rings (SSSR count). The second kappa shape index (κ2) is 8.47. The zero-order valence-corrected chi connectivity index (χ0v) is 16.2. The quantitative estimate of drug-likeness (QED) is 0.745. The van der Waals surface area contributed by atoms with Gasteiger partial charge in [0.05, 0.1) is 28.4 Å². The van der Waals surface area contributed by atoms with E-state index in [1.807, 2.05) is 30.3 Å². The first-order valence-corrected chi connectivity index (χ1v) is 8.61. The number of rotatable bonds is 7. The van der Waals surface area contributed by atoms with Crippen LogP contribution in [0.2, 0.25) is 0 Å². The first-order chi connectivity index (χ1) is 13.6. The lowest BCUT2D eigenvalue weighted by Crippen LogP contribution is -2.25. The highest BCUT2D eigenvalue weighted by Crippen LogP contribution is 2.28. The number of hydrogen-bond acceptors (Lipinski definition) is 6. The van der Waals surface area contributed by atoms with Crippen molar-refractivity contribution < 1.29 is 23.7 Å². The zero-order valence-electron chi connectivity index (χ0n) is 16.2. The van der Waals surface area contributed by atoms with Crippen LogP contribution in [0, 0.1) is 0 Å². The fourth-order valence-electron chi connectivity index (χ4n) is 2.86. The Hall–Kier alpha value is -3.48. The number of carbonyl (C=O) groups is 1. The maximum absolute atomic E-state index is 12.3. The second-order valence-electron chi connectivity index (χ2n) is 6.05. The summed E-state index contributed by atoms with van der Waals surface area (Å²) in [6.45, 7) is 0. The van der Waals surface area contributed by atoms with Gasteiger partial charge >= 0.3 is 0 Å². The normalized spacial score (nSPS) is 14.5. The summed E-state index contributed by atoms with van der Waals surface area (Å²) in [5.74, 6) is 2.87. The number of nitrogens with one attached hydrogen (secondary N) is 1. The standard InChI is InChI=1S/C21H22N2O5/c1-25-15-7-14(8-16(12-15)26-2)9-17-21(24)23-20(22-17)11-13-5-6-18(27-3)19(10-13)28-4/h5-10,12H,11H2,1-4H3,(H,22,23,24)/b17-9+. The molecule has 0 saturated heterocycles. The molecular formula is C21H22N2O5. The van der Waals surface area contributed by atoms with Crippen LogP contribution in [0.5, 0.6) is 23.0 Å². The van der Waals surface area contributed by atoms with Crippen molar-refractivity contribution in [2.75, 3.05) is 28.4 Å². The summed E-state index contributed by atoms with van der Waals surface area (Å²) in [5, 5.41) is 2.80. The highest BCUT2D eigenvalue weighted by Gasteiger charge is 2.20. The van der Waals surface area contributed by atoms with Gasteiger partial charge in [0, 0.05) is 12.5 Å². The Morgan fingerprint density at radius 3 is 2.18 bits per heavy atom. The summed E-state index contributed by atoms with van der Waals surface area (Å²) in [5.41, 5.74) is 2.03. The van der Waals surface area contributed by atoms with Gasteiger partial charge in [-0.25, -0.2) is 4.99 Å². The average Bonchev–Trinajstić information content (AvgIpc) is 3.05. The van der Waals surface area contributed by atoms with Crippen molar-refractivity contribution >= 4 is 17.8 Å². The van der Waals surface area contributed by atoms with E-state index in [2.05, 4.69) is 10.3 Å². The highest BCUT2D eigenvalue weighted by molar-refractivity contribution is 6.14. The molecule has 0 spiro atoms. The summed E-state index contributed by atoms with van der Waals surface area (Å²) < 4.78 is 21.1. The zero-order chi connectivity index (χ0) is 20.1. The Morgan fingerprint density at radius 1 is 0.893 bits per heavy atom. The van der Waals surface area contributed by atoms with Gasteiger partial charge in [0.2, 0.25) is 0 Å². The minimum atomic E-state index is -0.253. The largest absolute Gasteiger partial charge is 0.497 e. The molecule has 1 heterocycles. The Kier molecular flexibility index (Phi) is 5.84. The molecule has 0 aromatic heterocycles. The van der Waals surface area contributed by atoms with Crippen LogP contribution in [-0.2, 0) is 11.2 Å². The van der Waals surface area contributed by atoms with Crippen LogP contribution >= 0.6 is 0 Å². The number of methoxy groups -OCH3 is 4. The maximum Gasteiger partial charge on any atom is 0.275 e. The molecule has 7 heteroatoms. The van der Waals surface area contributed by atoms with Gasteiger partial charge in [-0.1, -0.05) is 6.07 Å². The number of hydrogen-bond donors (Lipinski definition) is 1. The van der Waals surface area contributed by atoms with Gasteiger partial charge in [0.15, 0.2) is 11.5 Å². The van der Waals surface area contributed by atoms with Crippen molar-refractivity contribution in [1.29, 1.82) is 0 Å². The summed E-state index contributed by atoms with van der Waals surface area (Å²) in [6.07, 6.45) is 2.16. The van der Waals surface area contributed by atoms with Gasteiger partial charge in [-0.15, -0.1) is 0 Å². The van der Waals surface area contributed by atoms with E-state index in [1.165, 1.54) is 0 Å². The fourth-order valence-corrected chi connectivity index (χ4v) is 2.86. The molecule has 0 bridgehead atoms. The molecule has 0 saturated carbocycles. The number of nitrogens with zero attached hydrogens (tertiary/aromatic N) is 1. The van der Waals surface area contributed by atoms with E-state index >= 15 is 0 Å². The Balaban J connectivity index is 1.84. The van der Waals surface area contributed by atoms with E-state index in [9.17, 15) is 4.79 Å². The predicted octanol–water partition coefficient (Wildman–Crippen LogP) is 2.83. The molecule has 0 aliphatic carbocycles. The number of ether oxygens (including phenoxy) is 4. The van der Waals surface area contributed by atoms with Crippen LogP contribution < -0.4 is 24.3 Å². The van der Waals surface area contributed by atoms with Crippen molar-refractivity contribution in [3.05, 3.63) is 53.2 Å². The number of benzene rings is 2. The van der Waals surface area contributed by atoms with Crippen molar-refractivity contribution in [2.24, 2.45) is 4.99 Å². The minimum Gasteiger partial charge on any atom is -0.497 e. The second-order valence-corrected chi connectivity index (χ2v) is 6.05. The molecule has 0 radical (unpaired) electrons. The number of aliphatic imine (C=N–C) groups is 1. The maximum atomic E-state index is 12.3. The van der Waals surface area contributed by atoms with Gasteiger partial charge in [0.25, 0.3) is 5.91 Å². The van der Waals surface area contributed by atoms with E-state index in [0.29, 0.717) is 41.0 Å². The summed E-state index contributed by atoms with van der Waals surface area (Å²) in [6, 6.07) is 11.0. The molecule has 1 N–H and O–H groups in total. The lowest BCUT2D eigenvalue weighted by Gasteiger charge is -2.09. The van der Waals surface area contributed by atoms with E-state index < -0.39 is 0 Å². The number of carbonyl (C=O) groups excluding carboxylic acids is 1. The molecule has 146 valence electrons.